The summed E-state index contributed by atoms with van der Waals surface area (Å²) in [5.41, 5.74) is 4.44. The van der Waals surface area contributed by atoms with Gasteiger partial charge in [0.1, 0.15) is 0 Å². The molecule has 3 nitrogen and oxygen atoms in total. The lowest BCUT2D eigenvalue weighted by Crippen LogP contribution is -1.98. The Bertz CT molecular complexity index is 1040. The van der Waals surface area contributed by atoms with Crippen molar-refractivity contribution in [3.05, 3.63) is 89.5 Å². The van der Waals surface area contributed by atoms with Crippen LogP contribution in [0.5, 0.6) is 0 Å². The van der Waals surface area contributed by atoms with Crippen molar-refractivity contribution in [1.82, 2.24) is 0 Å². The Morgan fingerprint density at radius 2 is 1.67 bits per heavy atom. The zero-order valence-electron chi connectivity index (χ0n) is 15.0. The zero-order valence-corrected chi connectivity index (χ0v) is 15.0. The number of benzene rings is 3. The maximum absolute atomic E-state index is 11.4. The molecule has 0 bridgehead atoms. The summed E-state index contributed by atoms with van der Waals surface area (Å²) in [6, 6.07) is 22.4. The molecule has 0 aromatic heterocycles. The van der Waals surface area contributed by atoms with E-state index in [4.69, 9.17) is 0 Å². The number of aromatic carboxylic acids is 1. The van der Waals surface area contributed by atoms with Gasteiger partial charge in [0.2, 0.25) is 0 Å². The third-order valence-electron chi connectivity index (χ3n) is 4.01. The molecule has 0 atom stereocenters. The second kappa shape index (κ2) is 8.64. The molecule has 3 rings (SSSR count). The van der Waals surface area contributed by atoms with Crippen LogP contribution in [0, 0.1) is 11.8 Å². The van der Waals surface area contributed by atoms with Gasteiger partial charge in [-0.25, -0.2) is 4.79 Å². The van der Waals surface area contributed by atoms with E-state index in [0.29, 0.717) is 11.1 Å². The quantitative estimate of drug-likeness (QED) is 0.493. The summed E-state index contributed by atoms with van der Waals surface area (Å²) < 4.78 is 0. The fraction of sp³-hybridized carbons (Fsp3) is 0.0833. The Morgan fingerprint density at radius 1 is 0.963 bits per heavy atom. The Hall–Kier alpha value is -3.64. The second-order valence-electron chi connectivity index (χ2n) is 5.92. The average Bonchev–Trinajstić information content (AvgIpc) is 2.71. The van der Waals surface area contributed by atoms with Crippen LogP contribution in [0.4, 0.5) is 5.69 Å². The molecule has 0 unspecified atom stereocenters. The molecular weight excluding hydrogens is 334 g/mol. The number of hydrogen-bond donors (Lipinski definition) is 1. The van der Waals surface area contributed by atoms with Crippen molar-refractivity contribution in [2.75, 3.05) is 0 Å². The number of para-hydroxylation sites is 1. The van der Waals surface area contributed by atoms with Gasteiger partial charge in [0, 0.05) is 11.8 Å². The number of carboxylic acid groups (broad SMARTS) is 1. The molecule has 0 saturated heterocycles. The summed E-state index contributed by atoms with van der Waals surface area (Å²) in [5, 5.41) is 9.35. The maximum Gasteiger partial charge on any atom is 0.336 e. The van der Waals surface area contributed by atoms with Crippen LogP contribution < -0.4 is 0 Å². The Morgan fingerprint density at radius 3 is 2.41 bits per heavy atom. The molecule has 3 aromatic carbocycles. The summed E-state index contributed by atoms with van der Waals surface area (Å²) >= 11 is 0. The highest BCUT2D eigenvalue weighted by Crippen LogP contribution is 2.24. The zero-order chi connectivity index (χ0) is 19.1. The van der Waals surface area contributed by atoms with Gasteiger partial charge >= 0.3 is 5.97 Å². The van der Waals surface area contributed by atoms with Crippen LogP contribution in [-0.2, 0) is 0 Å². The minimum Gasteiger partial charge on any atom is -0.478 e. The van der Waals surface area contributed by atoms with Crippen LogP contribution in [0.1, 0.15) is 34.8 Å². The molecule has 0 amide bonds. The van der Waals surface area contributed by atoms with Gasteiger partial charge in [-0.15, -0.1) is 0 Å². The first-order chi connectivity index (χ1) is 13.2. The van der Waals surface area contributed by atoms with E-state index in [2.05, 4.69) is 16.8 Å². The van der Waals surface area contributed by atoms with Crippen molar-refractivity contribution in [3.63, 3.8) is 0 Å². The SMILES string of the molecule is CCC=Nc1ccccc1C#Cc1ccc(-c2ccccc2C(=O)O)cc1. The number of carboxylic acids is 1. The van der Waals surface area contributed by atoms with Crippen LogP contribution >= 0.6 is 0 Å². The predicted octanol–water partition coefficient (Wildman–Crippen LogP) is 5.56. The first kappa shape index (κ1) is 18.2. The van der Waals surface area contributed by atoms with Crippen LogP contribution in [0.3, 0.4) is 0 Å². The van der Waals surface area contributed by atoms with E-state index in [-0.39, 0.29) is 0 Å². The number of carbonyl (C=O) groups is 1. The first-order valence-electron chi connectivity index (χ1n) is 8.75. The van der Waals surface area contributed by atoms with Crippen molar-refractivity contribution in [2.24, 2.45) is 4.99 Å². The third-order valence-corrected chi connectivity index (χ3v) is 4.01. The normalized spacial score (nSPS) is 10.4. The summed E-state index contributed by atoms with van der Waals surface area (Å²) in [6.07, 6.45) is 2.75. The van der Waals surface area contributed by atoms with Crippen LogP contribution in [0.2, 0.25) is 0 Å². The molecule has 0 fully saturated rings. The van der Waals surface area contributed by atoms with Gasteiger partial charge in [-0.3, -0.25) is 4.99 Å². The summed E-state index contributed by atoms with van der Waals surface area (Å²) in [7, 11) is 0. The lowest BCUT2D eigenvalue weighted by atomic mass is 9.99. The van der Waals surface area contributed by atoms with E-state index in [0.717, 1.165) is 28.8 Å². The first-order valence-corrected chi connectivity index (χ1v) is 8.75. The van der Waals surface area contributed by atoms with Crippen LogP contribution in [-0.4, -0.2) is 17.3 Å². The minimum atomic E-state index is -0.932. The number of aliphatic imine (C=N–C) groups is 1. The van der Waals surface area contributed by atoms with Crippen LogP contribution in [0.25, 0.3) is 11.1 Å². The Balaban J connectivity index is 1.88. The van der Waals surface area contributed by atoms with E-state index in [1.165, 1.54) is 0 Å². The molecule has 0 radical (unpaired) electrons. The van der Waals surface area contributed by atoms with Gasteiger partial charge < -0.3 is 5.11 Å². The standard InChI is InChI=1S/C24H19NO2/c1-2-17-25-23-10-6-3-7-20(23)16-13-18-11-14-19(15-12-18)21-8-4-5-9-22(21)24(26)27/h3-12,14-15,17H,2H2,1H3,(H,26,27). The fourth-order valence-corrected chi connectivity index (χ4v) is 2.68. The van der Waals surface area contributed by atoms with Gasteiger partial charge in [0.15, 0.2) is 0 Å². The maximum atomic E-state index is 11.4. The molecule has 0 spiro atoms. The monoisotopic (exact) mass is 353 g/mol. The molecule has 1 N–H and O–H groups in total. The van der Waals surface area contributed by atoms with Crippen molar-refractivity contribution in [3.8, 4) is 23.0 Å². The molecule has 0 aliphatic rings. The van der Waals surface area contributed by atoms with E-state index in [9.17, 15) is 9.90 Å². The molecule has 0 heterocycles. The van der Waals surface area contributed by atoms with Gasteiger partial charge in [0.05, 0.1) is 16.8 Å². The van der Waals surface area contributed by atoms with Crippen molar-refractivity contribution in [1.29, 1.82) is 0 Å². The Kier molecular flexibility index (Phi) is 5.81. The molecule has 132 valence electrons. The molecule has 0 saturated carbocycles. The number of hydrogen-bond acceptors (Lipinski definition) is 2. The highest BCUT2D eigenvalue weighted by Gasteiger charge is 2.10. The number of rotatable bonds is 4. The molecule has 3 heteroatoms. The molecule has 0 aliphatic heterocycles. The highest BCUT2D eigenvalue weighted by atomic mass is 16.4. The van der Waals surface area contributed by atoms with Crippen LogP contribution in [0.15, 0.2) is 77.8 Å². The van der Waals surface area contributed by atoms with Crippen molar-refractivity contribution < 1.29 is 9.90 Å². The van der Waals surface area contributed by atoms with E-state index >= 15 is 0 Å². The smallest absolute Gasteiger partial charge is 0.336 e. The van der Waals surface area contributed by atoms with E-state index in [1.807, 2.05) is 73.8 Å². The van der Waals surface area contributed by atoms with Gasteiger partial charge in [-0.2, -0.15) is 0 Å². The molecular formula is C24H19NO2. The summed E-state index contributed by atoms with van der Waals surface area (Å²) in [6.45, 7) is 2.04. The van der Waals surface area contributed by atoms with Crippen molar-refractivity contribution in [2.45, 2.75) is 13.3 Å². The second-order valence-corrected chi connectivity index (χ2v) is 5.92. The lowest BCUT2D eigenvalue weighted by Gasteiger charge is -2.06. The average molecular weight is 353 g/mol. The Labute approximate surface area is 159 Å². The van der Waals surface area contributed by atoms with E-state index in [1.54, 1.807) is 12.1 Å². The van der Waals surface area contributed by atoms with E-state index < -0.39 is 5.97 Å². The fourth-order valence-electron chi connectivity index (χ4n) is 2.68. The lowest BCUT2D eigenvalue weighted by molar-refractivity contribution is 0.0697. The van der Waals surface area contributed by atoms with Crippen molar-refractivity contribution >= 4 is 17.9 Å². The minimum absolute atomic E-state index is 0.291. The predicted molar refractivity (Wildman–Crippen MR) is 110 cm³/mol. The number of nitrogens with zero attached hydrogens (tertiary/aromatic N) is 1. The largest absolute Gasteiger partial charge is 0.478 e. The topological polar surface area (TPSA) is 49.7 Å². The molecule has 27 heavy (non-hydrogen) atoms. The molecule has 0 aliphatic carbocycles. The summed E-state index contributed by atoms with van der Waals surface area (Å²) in [5.74, 6) is 5.39. The van der Waals surface area contributed by atoms with Gasteiger partial charge in [-0.05, 0) is 47.9 Å². The molecule has 3 aromatic rings. The highest BCUT2D eigenvalue weighted by molar-refractivity contribution is 5.96. The third kappa shape index (κ3) is 4.50. The van der Waals surface area contributed by atoms with Gasteiger partial charge in [0.25, 0.3) is 0 Å². The van der Waals surface area contributed by atoms with Gasteiger partial charge in [-0.1, -0.05) is 61.2 Å². The summed E-state index contributed by atoms with van der Waals surface area (Å²) in [4.78, 5) is 15.8.